The predicted molar refractivity (Wildman–Crippen MR) is 78.5 cm³/mol. The minimum absolute atomic E-state index is 0.315. The van der Waals surface area contributed by atoms with Gasteiger partial charge in [0.15, 0.2) is 0 Å². The standard InChI is InChI=1S/C16H28N2O2/c19-16(14-4-1-5-14)17-15-6-8-18(9-7-15)11-13-3-2-10-20-12-13/h13-15H,1-12H2,(H,17,19). The van der Waals surface area contributed by atoms with Gasteiger partial charge in [-0.25, -0.2) is 0 Å². The van der Waals surface area contributed by atoms with Crippen LogP contribution in [-0.4, -0.2) is 49.7 Å². The van der Waals surface area contributed by atoms with Gasteiger partial charge in [0.25, 0.3) is 0 Å². The van der Waals surface area contributed by atoms with Gasteiger partial charge < -0.3 is 15.0 Å². The lowest BCUT2D eigenvalue weighted by Crippen LogP contribution is -2.48. The minimum atomic E-state index is 0.315. The molecule has 0 radical (unpaired) electrons. The topological polar surface area (TPSA) is 41.6 Å². The maximum absolute atomic E-state index is 12.0. The molecule has 3 rings (SSSR count). The molecule has 1 unspecified atom stereocenters. The van der Waals surface area contributed by atoms with Crippen LogP contribution < -0.4 is 5.32 Å². The molecule has 0 aromatic rings. The fourth-order valence-electron chi connectivity index (χ4n) is 3.57. The molecule has 3 fully saturated rings. The molecule has 114 valence electrons. The Morgan fingerprint density at radius 2 is 1.90 bits per heavy atom. The second kappa shape index (κ2) is 6.90. The molecule has 0 spiro atoms. The van der Waals surface area contributed by atoms with Crippen LogP contribution in [0.25, 0.3) is 0 Å². The molecule has 0 bridgehead atoms. The molecule has 1 atom stereocenters. The maximum atomic E-state index is 12.0. The monoisotopic (exact) mass is 280 g/mol. The van der Waals surface area contributed by atoms with Gasteiger partial charge in [-0.1, -0.05) is 6.42 Å². The Morgan fingerprint density at radius 3 is 2.50 bits per heavy atom. The summed E-state index contributed by atoms with van der Waals surface area (Å²) in [6.07, 6.45) is 8.22. The summed E-state index contributed by atoms with van der Waals surface area (Å²) in [4.78, 5) is 14.5. The number of amides is 1. The van der Waals surface area contributed by atoms with Crippen molar-refractivity contribution < 1.29 is 9.53 Å². The van der Waals surface area contributed by atoms with Crippen molar-refractivity contribution in [2.45, 2.75) is 51.0 Å². The SMILES string of the molecule is O=C(NC1CCN(CC2CCCOC2)CC1)C1CCC1. The first-order valence-electron chi connectivity index (χ1n) is 8.42. The highest BCUT2D eigenvalue weighted by atomic mass is 16.5. The molecule has 2 heterocycles. The number of hydrogen-bond donors (Lipinski definition) is 1. The van der Waals surface area contributed by atoms with Gasteiger partial charge in [-0.3, -0.25) is 4.79 Å². The summed E-state index contributed by atoms with van der Waals surface area (Å²) in [6.45, 7) is 5.34. The second-order valence-corrected chi connectivity index (χ2v) is 6.79. The third-order valence-corrected chi connectivity index (χ3v) is 5.18. The fourth-order valence-corrected chi connectivity index (χ4v) is 3.57. The number of ether oxygens (including phenoxy) is 1. The molecule has 20 heavy (non-hydrogen) atoms. The summed E-state index contributed by atoms with van der Waals surface area (Å²) in [5, 5.41) is 3.25. The number of likely N-dealkylation sites (tertiary alicyclic amines) is 1. The Labute approximate surface area is 122 Å². The zero-order valence-electron chi connectivity index (χ0n) is 12.5. The van der Waals surface area contributed by atoms with Gasteiger partial charge in [-0.2, -0.15) is 0 Å². The first-order chi connectivity index (χ1) is 9.81. The lowest BCUT2D eigenvalue weighted by Gasteiger charge is -2.36. The Hall–Kier alpha value is -0.610. The summed E-state index contributed by atoms with van der Waals surface area (Å²) in [5.74, 6) is 1.37. The van der Waals surface area contributed by atoms with Gasteiger partial charge in [0.2, 0.25) is 5.91 Å². The minimum Gasteiger partial charge on any atom is -0.381 e. The Bertz CT molecular complexity index is 316. The Morgan fingerprint density at radius 1 is 1.10 bits per heavy atom. The molecular weight excluding hydrogens is 252 g/mol. The van der Waals surface area contributed by atoms with Crippen LogP contribution in [0.3, 0.4) is 0 Å². The van der Waals surface area contributed by atoms with Gasteiger partial charge in [-0.05, 0) is 44.4 Å². The molecular formula is C16H28N2O2. The van der Waals surface area contributed by atoms with Crippen molar-refractivity contribution >= 4 is 5.91 Å². The highest BCUT2D eigenvalue weighted by molar-refractivity contribution is 5.79. The predicted octanol–water partition coefficient (Wildman–Crippen LogP) is 1.79. The molecule has 0 aromatic carbocycles. The van der Waals surface area contributed by atoms with Crippen molar-refractivity contribution in [3.05, 3.63) is 0 Å². The molecule has 3 aliphatic rings. The third kappa shape index (κ3) is 3.73. The molecule has 1 aliphatic carbocycles. The number of nitrogens with zero attached hydrogens (tertiary/aromatic N) is 1. The van der Waals surface area contributed by atoms with E-state index in [-0.39, 0.29) is 0 Å². The van der Waals surface area contributed by atoms with Crippen LogP contribution in [-0.2, 0) is 9.53 Å². The van der Waals surface area contributed by atoms with Crippen molar-refractivity contribution in [2.24, 2.45) is 11.8 Å². The Kier molecular flexibility index (Phi) is 4.94. The summed E-state index contributed by atoms with van der Waals surface area (Å²) in [5.41, 5.74) is 0. The average molecular weight is 280 g/mol. The van der Waals surface area contributed by atoms with Crippen molar-refractivity contribution in [2.75, 3.05) is 32.8 Å². The lowest BCUT2D eigenvalue weighted by atomic mass is 9.84. The average Bonchev–Trinajstić information content (AvgIpc) is 2.40. The van der Waals surface area contributed by atoms with Gasteiger partial charge >= 0.3 is 0 Å². The van der Waals surface area contributed by atoms with E-state index in [0.29, 0.717) is 17.9 Å². The van der Waals surface area contributed by atoms with Crippen molar-refractivity contribution in [1.82, 2.24) is 10.2 Å². The van der Waals surface area contributed by atoms with E-state index in [0.717, 1.165) is 57.9 Å². The highest BCUT2D eigenvalue weighted by Crippen LogP contribution is 2.27. The van der Waals surface area contributed by atoms with Crippen LogP contribution in [0.2, 0.25) is 0 Å². The molecule has 0 aromatic heterocycles. The summed E-state index contributed by atoms with van der Waals surface area (Å²) >= 11 is 0. The van der Waals surface area contributed by atoms with Crippen molar-refractivity contribution in [3.63, 3.8) is 0 Å². The van der Waals surface area contributed by atoms with Crippen LogP contribution in [0.15, 0.2) is 0 Å². The summed E-state index contributed by atoms with van der Waals surface area (Å²) in [7, 11) is 0. The van der Waals surface area contributed by atoms with Crippen LogP contribution in [0, 0.1) is 11.8 Å². The van der Waals surface area contributed by atoms with Crippen molar-refractivity contribution in [3.8, 4) is 0 Å². The molecule has 4 nitrogen and oxygen atoms in total. The largest absolute Gasteiger partial charge is 0.381 e. The molecule has 2 saturated heterocycles. The first-order valence-corrected chi connectivity index (χ1v) is 8.42. The van der Waals surface area contributed by atoms with E-state index in [1.54, 1.807) is 0 Å². The maximum Gasteiger partial charge on any atom is 0.223 e. The molecule has 2 aliphatic heterocycles. The number of rotatable bonds is 4. The van der Waals surface area contributed by atoms with E-state index in [1.165, 1.54) is 25.8 Å². The zero-order valence-corrected chi connectivity index (χ0v) is 12.5. The number of piperidine rings is 1. The number of nitrogens with one attached hydrogen (secondary N) is 1. The zero-order chi connectivity index (χ0) is 13.8. The lowest BCUT2D eigenvalue weighted by molar-refractivity contribution is -0.128. The van der Waals surface area contributed by atoms with E-state index >= 15 is 0 Å². The van der Waals surface area contributed by atoms with Crippen LogP contribution >= 0.6 is 0 Å². The van der Waals surface area contributed by atoms with E-state index in [2.05, 4.69) is 10.2 Å². The number of carbonyl (C=O) groups excluding carboxylic acids is 1. The van der Waals surface area contributed by atoms with Crippen molar-refractivity contribution in [1.29, 1.82) is 0 Å². The highest BCUT2D eigenvalue weighted by Gasteiger charge is 2.29. The summed E-state index contributed by atoms with van der Waals surface area (Å²) in [6, 6.07) is 0.418. The van der Waals surface area contributed by atoms with E-state index in [1.807, 2.05) is 0 Å². The van der Waals surface area contributed by atoms with Crippen LogP contribution in [0.5, 0.6) is 0 Å². The summed E-state index contributed by atoms with van der Waals surface area (Å²) < 4.78 is 5.56. The van der Waals surface area contributed by atoms with E-state index in [9.17, 15) is 4.79 Å². The third-order valence-electron chi connectivity index (χ3n) is 5.18. The smallest absolute Gasteiger partial charge is 0.223 e. The van der Waals surface area contributed by atoms with Gasteiger partial charge in [0, 0.05) is 38.2 Å². The molecule has 1 saturated carbocycles. The Balaban J connectivity index is 1.34. The first kappa shape index (κ1) is 14.3. The number of carbonyl (C=O) groups is 1. The fraction of sp³-hybridized carbons (Fsp3) is 0.938. The van der Waals surface area contributed by atoms with Crippen LogP contribution in [0.1, 0.15) is 44.9 Å². The van der Waals surface area contributed by atoms with Gasteiger partial charge in [-0.15, -0.1) is 0 Å². The van der Waals surface area contributed by atoms with Crippen LogP contribution in [0.4, 0.5) is 0 Å². The molecule has 1 N–H and O–H groups in total. The number of hydrogen-bond acceptors (Lipinski definition) is 3. The molecule has 4 heteroatoms. The normalized spacial score (nSPS) is 29.9. The van der Waals surface area contributed by atoms with E-state index in [4.69, 9.17) is 4.74 Å². The van der Waals surface area contributed by atoms with Gasteiger partial charge in [0.05, 0.1) is 6.61 Å². The van der Waals surface area contributed by atoms with Gasteiger partial charge in [0.1, 0.15) is 0 Å². The quantitative estimate of drug-likeness (QED) is 0.853. The van der Waals surface area contributed by atoms with E-state index < -0.39 is 0 Å². The second-order valence-electron chi connectivity index (χ2n) is 6.79. The molecule has 1 amide bonds.